The summed E-state index contributed by atoms with van der Waals surface area (Å²) in [7, 11) is 0. The third-order valence-corrected chi connectivity index (χ3v) is 10.7. The zero-order chi connectivity index (χ0) is 39.5. The molecule has 0 amide bonds. The maximum absolute atomic E-state index is 12.3. The number of hydrogen-bond acceptors (Lipinski definition) is 11. The van der Waals surface area contributed by atoms with Crippen molar-refractivity contribution in [3.05, 3.63) is 46.6 Å². The van der Waals surface area contributed by atoms with Crippen molar-refractivity contribution in [3.8, 4) is 0 Å². The first-order valence-corrected chi connectivity index (χ1v) is 19.0. The highest BCUT2D eigenvalue weighted by Crippen LogP contribution is 2.51. The quantitative estimate of drug-likeness (QED) is 0.127. The van der Waals surface area contributed by atoms with Gasteiger partial charge in [-0.15, -0.1) is 0 Å². The summed E-state index contributed by atoms with van der Waals surface area (Å²) < 4.78 is 27.6. The Morgan fingerprint density at radius 1 is 0.642 bits per heavy atom. The van der Waals surface area contributed by atoms with Crippen LogP contribution in [0.5, 0.6) is 0 Å². The summed E-state index contributed by atoms with van der Waals surface area (Å²) in [5.41, 5.74) is 3.42. The minimum Gasteiger partial charge on any atom is -0.463 e. The molecule has 4 unspecified atom stereocenters. The minimum atomic E-state index is -0.696. The Kier molecular flexibility index (Phi) is 16.1. The molecule has 0 bridgehead atoms. The highest BCUT2D eigenvalue weighted by atomic mass is 16.6. The molecular weight excluding hydrogens is 680 g/mol. The van der Waals surface area contributed by atoms with Crippen LogP contribution >= 0.6 is 0 Å². The molecule has 2 saturated carbocycles. The maximum Gasteiger partial charge on any atom is 0.307 e. The van der Waals surface area contributed by atoms with Crippen molar-refractivity contribution in [3.63, 3.8) is 0 Å². The van der Waals surface area contributed by atoms with Gasteiger partial charge >= 0.3 is 29.8 Å². The summed E-state index contributed by atoms with van der Waals surface area (Å²) in [5, 5.41) is 10.6. The second-order valence-corrected chi connectivity index (χ2v) is 15.9. The number of ether oxygens (including phenoxy) is 5. The van der Waals surface area contributed by atoms with E-state index in [1.54, 1.807) is 0 Å². The first-order valence-electron chi connectivity index (χ1n) is 19.0. The molecule has 1 N–H and O–H groups in total. The van der Waals surface area contributed by atoms with Crippen molar-refractivity contribution in [1.29, 1.82) is 0 Å². The third kappa shape index (κ3) is 12.7. The Hall–Kier alpha value is -3.73. The Bertz CT molecular complexity index is 1460. The zero-order valence-electron chi connectivity index (χ0n) is 33.3. The average molecular weight is 743 g/mol. The summed E-state index contributed by atoms with van der Waals surface area (Å²) in [6.07, 6.45) is 12.8. The molecule has 2 heterocycles. The standard InChI is InChI=1S/C22H32O6.C20H30O5/c1-14(2)7-6-8-15(3)11-20-22(13-21(25)28-20)12-18(26-16(4)23)9-10-19(22)27-17(5)24;1-13(2)6-5-7-14(3)10-18-20(12-19(23)25-18)11-16(24-15(4)21)8-9-17(20)22/h7,11,18-20H,6,8-10,12-13H2,1-5H3;6,10,16-18,22H,5,7-9,11-12H2,1-4H3/b15-11+;14-10+/t18-,19?,20-,22?;16-,17?,18-,20?/m11/s1. The molecule has 0 radical (unpaired) electrons. The molecule has 2 saturated heterocycles. The summed E-state index contributed by atoms with van der Waals surface area (Å²) >= 11 is 0. The van der Waals surface area contributed by atoms with Gasteiger partial charge in [0.1, 0.15) is 30.5 Å². The van der Waals surface area contributed by atoms with E-state index in [2.05, 4.69) is 39.8 Å². The molecule has 53 heavy (non-hydrogen) atoms. The second kappa shape index (κ2) is 19.6. The number of aliphatic hydroxyl groups excluding tert-OH is 1. The molecule has 2 aliphatic carbocycles. The fraction of sp³-hybridized carbons (Fsp3) is 0.690. The van der Waals surface area contributed by atoms with E-state index in [1.165, 1.54) is 31.9 Å². The summed E-state index contributed by atoms with van der Waals surface area (Å²) in [4.78, 5) is 58.7. The molecule has 2 spiro atoms. The highest BCUT2D eigenvalue weighted by molar-refractivity contribution is 5.75. The molecule has 4 aliphatic rings. The number of esters is 5. The number of carbonyl (C=O) groups excluding carboxylic acids is 5. The van der Waals surface area contributed by atoms with E-state index in [4.69, 9.17) is 23.7 Å². The van der Waals surface area contributed by atoms with Gasteiger partial charge in [-0.05, 0) is 118 Å². The van der Waals surface area contributed by atoms with Gasteiger partial charge in [0.2, 0.25) is 0 Å². The van der Waals surface area contributed by atoms with Crippen LogP contribution in [0.3, 0.4) is 0 Å². The molecule has 296 valence electrons. The summed E-state index contributed by atoms with van der Waals surface area (Å²) in [6.45, 7) is 16.5. The van der Waals surface area contributed by atoms with Crippen LogP contribution in [0.4, 0.5) is 0 Å². The third-order valence-electron chi connectivity index (χ3n) is 10.7. The monoisotopic (exact) mass is 742 g/mol. The summed E-state index contributed by atoms with van der Waals surface area (Å²) in [5.74, 6) is -1.65. The topological polar surface area (TPSA) is 152 Å². The van der Waals surface area contributed by atoms with E-state index in [0.29, 0.717) is 38.5 Å². The lowest BCUT2D eigenvalue weighted by molar-refractivity contribution is -0.172. The predicted molar refractivity (Wildman–Crippen MR) is 199 cm³/mol. The van der Waals surface area contributed by atoms with Gasteiger partial charge in [0.05, 0.1) is 29.8 Å². The lowest BCUT2D eigenvalue weighted by Crippen LogP contribution is -2.50. The molecule has 0 aromatic carbocycles. The fourth-order valence-electron chi connectivity index (χ4n) is 8.20. The van der Waals surface area contributed by atoms with E-state index in [1.807, 2.05) is 26.0 Å². The van der Waals surface area contributed by atoms with Crippen molar-refractivity contribution in [2.75, 3.05) is 0 Å². The van der Waals surface area contributed by atoms with E-state index in [-0.39, 0.29) is 54.9 Å². The molecule has 11 heteroatoms. The van der Waals surface area contributed by atoms with E-state index >= 15 is 0 Å². The van der Waals surface area contributed by atoms with Gasteiger partial charge in [-0.1, -0.05) is 34.4 Å². The summed E-state index contributed by atoms with van der Waals surface area (Å²) in [6, 6.07) is 0. The van der Waals surface area contributed by atoms with Gasteiger partial charge in [-0.2, -0.15) is 0 Å². The largest absolute Gasteiger partial charge is 0.463 e. The lowest BCUT2D eigenvalue weighted by atomic mass is 9.66. The average Bonchev–Trinajstić information content (AvgIpc) is 3.49. The van der Waals surface area contributed by atoms with E-state index in [0.717, 1.165) is 36.8 Å². The van der Waals surface area contributed by atoms with Crippen molar-refractivity contribution >= 4 is 29.8 Å². The van der Waals surface area contributed by atoms with Gasteiger partial charge in [0, 0.05) is 20.8 Å². The molecule has 4 rings (SSSR count). The first-order chi connectivity index (χ1) is 24.8. The Labute approximate surface area is 315 Å². The number of rotatable bonds is 11. The van der Waals surface area contributed by atoms with Crippen LogP contribution in [-0.2, 0) is 47.7 Å². The number of carbonyl (C=O) groups is 5. The lowest BCUT2D eigenvalue weighted by Gasteiger charge is -2.44. The second-order valence-electron chi connectivity index (χ2n) is 15.9. The van der Waals surface area contributed by atoms with Gasteiger partial charge in [0.15, 0.2) is 0 Å². The zero-order valence-corrected chi connectivity index (χ0v) is 33.3. The van der Waals surface area contributed by atoms with Crippen LogP contribution in [0.25, 0.3) is 0 Å². The SMILES string of the molecule is CC(=O)OC1CC[C@@H](OC(C)=O)CC12CC(=O)O[C@@H]2/C=C(\C)CCC=C(C)C.CC(=O)O[C@@H]1CCC(O)C2(CC(=O)O[C@@H]2/C=C(\C)CCC=C(C)C)C1. The highest BCUT2D eigenvalue weighted by Gasteiger charge is 2.58. The molecule has 11 nitrogen and oxygen atoms in total. The first kappa shape index (κ1) is 43.7. The number of hydrogen-bond donors (Lipinski definition) is 1. The van der Waals surface area contributed by atoms with Crippen molar-refractivity contribution < 1.29 is 52.8 Å². The van der Waals surface area contributed by atoms with Gasteiger partial charge in [0.25, 0.3) is 0 Å². The van der Waals surface area contributed by atoms with Crippen LogP contribution in [0.15, 0.2) is 46.6 Å². The van der Waals surface area contributed by atoms with Gasteiger partial charge in [-0.25, -0.2) is 0 Å². The Morgan fingerprint density at radius 3 is 1.51 bits per heavy atom. The van der Waals surface area contributed by atoms with E-state index < -0.39 is 35.2 Å². The maximum atomic E-state index is 12.3. The van der Waals surface area contributed by atoms with Gasteiger partial charge in [-0.3, -0.25) is 24.0 Å². The van der Waals surface area contributed by atoms with Crippen LogP contribution in [0.1, 0.15) is 139 Å². The van der Waals surface area contributed by atoms with Crippen LogP contribution in [0.2, 0.25) is 0 Å². The van der Waals surface area contributed by atoms with Crippen LogP contribution < -0.4 is 0 Å². The smallest absolute Gasteiger partial charge is 0.307 e. The van der Waals surface area contributed by atoms with Crippen molar-refractivity contribution in [2.45, 2.75) is 176 Å². The van der Waals surface area contributed by atoms with Crippen molar-refractivity contribution in [1.82, 2.24) is 0 Å². The molecular formula is C42H62O11. The molecule has 2 aliphatic heterocycles. The normalized spacial score (nSPS) is 31.1. The molecule has 8 atom stereocenters. The molecule has 0 aromatic rings. The van der Waals surface area contributed by atoms with E-state index in [9.17, 15) is 29.1 Å². The van der Waals surface area contributed by atoms with Crippen LogP contribution in [0, 0.1) is 10.8 Å². The fourth-order valence-corrected chi connectivity index (χ4v) is 8.20. The van der Waals surface area contributed by atoms with Crippen LogP contribution in [-0.4, -0.2) is 71.6 Å². The molecule has 4 fully saturated rings. The number of cyclic esters (lactones) is 2. The van der Waals surface area contributed by atoms with Crippen molar-refractivity contribution in [2.24, 2.45) is 10.8 Å². The Balaban J connectivity index is 0.000000287. The molecule has 0 aromatic heterocycles. The predicted octanol–water partition coefficient (Wildman–Crippen LogP) is 7.49. The van der Waals surface area contributed by atoms with Gasteiger partial charge < -0.3 is 28.8 Å². The minimum absolute atomic E-state index is 0.158. The number of aliphatic hydroxyl groups is 1. The Morgan fingerprint density at radius 2 is 1.06 bits per heavy atom. The number of allylic oxidation sites excluding steroid dienone is 6.